The third kappa shape index (κ3) is 3.05. The van der Waals surface area contributed by atoms with Crippen molar-refractivity contribution in [1.29, 1.82) is 0 Å². The summed E-state index contributed by atoms with van der Waals surface area (Å²) in [7, 11) is 0. The van der Waals surface area contributed by atoms with Gasteiger partial charge in [-0.05, 0) is 61.2 Å². The molecule has 4 nitrogen and oxygen atoms in total. The third-order valence-electron chi connectivity index (χ3n) is 3.83. The summed E-state index contributed by atoms with van der Waals surface area (Å²) in [5.74, 6) is 0.0896. The standard InChI is InChI=1S/C17H19N3O/c1-12-10-14(18)2-5-16(12)17(21)20(15-3-4-15)11-13-6-8-19-9-7-13/h2,5-10,15H,3-4,11,18H2,1H3. The maximum atomic E-state index is 12.8. The Morgan fingerprint density at radius 2 is 2.00 bits per heavy atom. The summed E-state index contributed by atoms with van der Waals surface area (Å²) in [6, 6.07) is 9.75. The zero-order chi connectivity index (χ0) is 14.8. The van der Waals surface area contributed by atoms with Gasteiger partial charge in [-0.1, -0.05) is 0 Å². The molecular formula is C17H19N3O. The predicted octanol–water partition coefficient (Wildman–Crippen LogP) is 2.78. The minimum absolute atomic E-state index is 0.0896. The molecule has 0 spiro atoms. The Morgan fingerprint density at radius 1 is 1.29 bits per heavy atom. The molecule has 0 aliphatic heterocycles. The summed E-state index contributed by atoms with van der Waals surface area (Å²) in [5.41, 5.74) is 9.24. The molecule has 1 aromatic heterocycles. The summed E-state index contributed by atoms with van der Waals surface area (Å²) in [6.07, 6.45) is 5.70. The molecule has 1 saturated carbocycles. The zero-order valence-corrected chi connectivity index (χ0v) is 12.1. The molecule has 108 valence electrons. The van der Waals surface area contributed by atoms with Crippen LogP contribution in [0.1, 0.15) is 34.3 Å². The van der Waals surface area contributed by atoms with E-state index in [1.54, 1.807) is 18.5 Å². The van der Waals surface area contributed by atoms with Crippen molar-refractivity contribution in [3.63, 3.8) is 0 Å². The molecule has 1 aromatic carbocycles. The topological polar surface area (TPSA) is 59.2 Å². The van der Waals surface area contributed by atoms with Gasteiger partial charge in [0, 0.05) is 36.2 Å². The minimum Gasteiger partial charge on any atom is -0.399 e. The lowest BCUT2D eigenvalue weighted by Gasteiger charge is -2.23. The van der Waals surface area contributed by atoms with Crippen LogP contribution in [0.15, 0.2) is 42.7 Å². The molecule has 4 heteroatoms. The number of aromatic nitrogens is 1. The Hall–Kier alpha value is -2.36. The molecule has 1 aliphatic rings. The van der Waals surface area contributed by atoms with E-state index in [4.69, 9.17) is 5.73 Å². The Balaban J connectivity index is 1.85. The van der Waals surface area contributed by atoms with Gasteiger partial charge in [0.15, 0.2) is 0 Å². The van der Waals surface area contributed by atoms with Crippen LogP contribution in [0.4, 0.5) is 5.69 Å². The maximum absolute atomic E-state index is 12.8. The van der Waals surface area contributed by atoms with E-state index in [1.165, 1.54) is 0 Å². The van der Waals surface area contributed by atoms with Crippen LogP contribution < -0.4 is 5.73 Å². The van der Waals surface area contributed by atoms with Crippen LogP contribution in [-0.2, 0) is 6.54 Å². The molecule has 1 fully saturated rings. The van der Waals surface area contributed by atoms with E-state index in [2.05, 4.69) is 4.98 Å². The average Bonchev–Trinajstić information content (AvgIpc) is 3.30. The van der Waals surface area contributed by atoms with Crippen molar-refractivity contribution in [1.82, 2.24) is 9.88 Å². The molecule has 2 N–H and O–H groups in total. The second-order valence-corrected chi connectivity index (χ2v) is 5.59. The van der Waals surface area contributed by atoms with E-state index < -0.39 is 0 Å². The lowest BCUT2D eigenvalue weighted by molar-refractivity contribution is 0.0729. The molecule has 0 saturated heterocycles. The summed E-state index contributed by atoms with van der Waals surface area (Å²) >= 11 is 0. The molecule has 3 rings (SSSR count). The van der Waals surface area contributed by atoms with Crippen molar-refractivity contribution < 1.29 is 4.79 Å². The predicted molar refractivity (Wildman–Crippen MR) is 82.7 cm³/mol. The van der Waals surface area contributed by atoms with Crippen LogP contribution in [0.2, 0.25) is 0 Å². The fourth-order valence-electron chi connectivity index (χ4n) is 2.52. The number of nitrogens with two attached hydrogens (primary N) is 1. The molecule has 2 aromatic rings. The van der Waals surface area contributed by atoms with Gasteiger partial charge in [0.05, 0.1) is 0 Å². The van der Waals surface area contributed by atoms with Gasteiger partial charge in [-0.2, -0.15) is 0 Å². The van der Waals surface area contributed by atoms with Crippen molar-refractivity contribution in [3.8, 4) is 0 Å². The first-order valence-electron chi connectivity index (χ1n) is 7.21. The molecule has 0 atom stereocenters. The van der Waals surface area contributed by atoms with Gasteiger partial charge >= 0.3 is 0 Å². The molecule has 0 radical (unpaired) electrons. The normalized spacial score (nSPS) is 14.0. The van der Waals surface area contributed by atoms with Gasteiger partial charge < -0.3 is 10.6 Å². The highest BCUT2D eigenvalue weighted by Gasteiger charge is 2.33. The van der Waals surface area contributed by atoms with Gasteiger partial charge in [0.2, 0.25) is 0 Å². The van der Waals surface area contributed by atoms with E-state index in [0.717, 1.165) is 29.5 Å². The number of benzene rings is 1. The van der Waals surface area contributed by atoms with Crippen LogP contribution in [0, 0.1) is 6.92 Å². The van der Waals surface area contributed by atoms with Crippen molar-refractivity contribution in [2.75, 3.05) is 5.73 Å². The molecule has 0 bridgehead atoms. The van der Waals surface area contributed by atoms with Crippen LogP contribution >= 0.6 is 0 Å². The Bertz CT molecular complexity index is 650. The largest absolute Gasteiger partial charge is 0.399 e. The second-order valence-electron chi connectivity index (χ2n) is 5.59. The SMILES string of the molecule is Cc1cc(N)ccc1C(=O)N(Cc1ccncc1)C1CC1. The summed E-state index contributed by atoms with van der Waals surface area (Å²) < 4.78 is 0. The number of carbonyl (C=O) groups excluding carboxylic acids is 1. The molecule has 1 aliphatic carbocycles. The average molecular weight is 281 g/mol. The monoisotopic (exact) mass is 281 g/mol. The number of hydrogen-bond acceptors (Lipinski definition) is 3. The van der Waals surface area contributed by atoms with Gasteiger partial charge in [-0.15, -0.1) is 0 Å². The fraction of sp³-hybridized carbons (Fsp3) is 0.294. The lowest BCUT2D eigenvalue weighted by atomic mass is 10.1. The maximum Gasteiger partial charge on any atom is 0.254 e. The highest BCUT2D eigenvalue weighted by molar-refractivity contribution is 5.96. The van der Waals surface area contributed by atoms with Crippen molar-refractivity contribution in [2.24, 2.45) is 0 Å². The number of nitrogens with zero attached hydrogens (tertiary/aromatic N) is 2. The summed E-state index contributed by atoms with van der Waals surface area (Å²) in [5, 5.41) is 0. The van der Waals surface area contributed by atoms with Crippen molar-refractivity contribution in [2.45, 2.75) is 32.4 Å². The first-order valence-corrected chi connectivity index (χ1v) is 7.21. The number of nitrogen functional groups attached to an aromatic ring is 1. The first-order chi connectivity index (χ1) is 10.1. The smallest absolute Gasteiger partial charge is 0.254 e. The van der Waals surface area contributed by atoms with Crippen molar-refractivity contribution in [3.05, 3.63) is 59.4 Å². The van der Waals surface area contributed by atoms with Gasteiger partial charge in [0.1, 0.15) is 0 Å². The third-order valence-corrected chi connectivity index (χ3v) is 3.83. The quantitative estimate of drug-likeness (QED) is 0.877. The zero-order valence-electron chi connectivity index (χ0n) is 12.1. The number of rotatable bonds is 4. The summed E-state index contributed by atoms with van der Waals surface area (Å²) in [4.78, 5) is 18.8. The van der Waals surface area contributed by atoms with E-state index in [1.807, 2.05) is 36.1 Å². The van der Waals surface area contributed by atoms with Crippen LogP contribution in [0.5, 0.6) is 0 Å². The van der Waals surface area contributed by atoms with E-state index in [0.29, 0.717) is 18.3 Å². The van der Waals surface area contributed by atoms with Crippen LogP contribution in [0.25, 0.3) is 0 Å². The number of anilines is 1. The molecular weight excluding hydrogens is 262 g/mol. The Kier molecular flexibility index (Phi) is 3.60. The highest BCUT2D eigenvalue weighted by Crippen LogP contribution is 2.30. The number of carbonyl (C=O) groups is 1. The number of aryl methyl sites for hydroxylation is 1. The van der Waals surface area contributed by atoms with Gasteiger partial charge in [0.25, 0.3) is 5.91 Å². The summed E-state index contributed by atoms with van der Waals surface area (Å²) in [6.45, 7) is 2.57. The Morgan fingerprint density at radius 3 is 2.62 bits per heavy atom. The minimum atomic E-state index is 0.0896. The number of pyridine rings is 1. The van der Waals surface area contributed by atoms with E-state index >= 15 is 0 Å². The molecule has 21 heavy (non-hydrogen) atoms. The first kappa shape index (κ1) is 13.6. The van der Waals surface area contributed by atoms with Crippen LogP contribution in [0.3, 0.4) is 0 Å². The molecule has 0 unspecified atom stereocenters. The van der Waals surface area contributed by atoms with E-state index in [9.17, 15) is 4.79 Å². The van der Waals surface area contributed by atoms with Gasteiger partial charge in [-0.25, -0.2) is 0 Å². The second kappa shape index (κ2) is 5.56. The van der Waals surface area contributed by atoms with Gasteiger partial charge in [-0.3, -0.25) is 9.78 Å². The van der Waals surface area contributed by atoms with E-state index in [-0.39, 0.29) is 5.91 Å². The molecule has 1 amide bonds. The fourth-order valence-corrected chi connectivity index (χ4v) is 2.52. The number of hydrogen-bond donors (Lipinski definition) is 1. The van der Waals surface area contributed by atoms with Crippen LogP contribution in [-0.4, -0.2) is 21.8 Å². The van der Waals surface area contributed by atoms with Crippen molar-refractivity contribution >= 4 is 11.6 Å². The number of amides is 1. The lowest BCUT2D eigenvalue weighted by Crippen LogP contribution is -2.33. The Labute approximate surface area is 124 Å². The molecule has 1 heterocycles. The highest BCUT2D eigenvalue weighted by atomic mass is 16.2.